The van der Waals surface area contributed by atoms with Gasteiger partial charge in [0.05, 0.1) is 0 Å². The molecule has 18 heavy (non-hydrogen) atoms. The topological polar surface area (TPSA) is 18.5 Å². The molecule has 0 aliphatic carbocycles. The van der Waals surface area contributed by atoms with Crippen LogP contribution in [0.4, 0.5) is 39.5 Å². The Bertz CT molecular complexity index is 343. The SMILES string of the molecule is C=CC1(F)OC(C(F)(F)F)(C(F)(F)F)OC1(F)F. The van der Waals surface area contributed by atoms with Gasteiger partial charge in [-0.3, -0.25) is 9.47 Å². The molecule has 0 amide bonds. The van der Waals surface area contributed by atoms with Gasteiger partial charge in [0, 0.05) is 0 Å². The smallest absolute Gasteiger partial charge is 0.287 e. The Morgan fingerprint density at radius 1 is 0.833 bits per heavy atom. The van der Waals surface area contributed by atoms with Crippen LogP contribution in [0, 0.1) is 0 Å². The fourth-order valence-corrected chi connectivity index (χ4v) is 1.09. The number of rotatable bonds is 1. The van der Waals surface area contributed by atoms with Gasteiger partial charge in [0.1, 0.15) is 0 Å². The van der Waals surface area contributed by atoms with Gasteiger partial charge >= 0.3 is 30.1 Å². The highest BCUT2D eigenvalue weighted by Gasteiger charge is 2.86. The maximum atomic E-state index is 13.2. The van der Waals surface area contributed by atoms with Crippen LogP contribution in [-0.2, 0) is 9.47 Å². The van der Waals surface area contributed by atoms with Crippen molar-refractivity contribution in [3.8, 4) is 0 Å². The summed E-state index contributed by atoms with van der Waals surface area (Å²) in [7, 11) is 0. The molecule has 0 bridgehead atoms. The molecule has 0 radical (unpaired) electrons. The normalized spacial score (nSPS) is 31.4. The van der Waals surface area contributed by atoms with E-state index in [1.54, 1.807) is 0 Å². The Kier molecular flexibility index (Phi) is 2.96. The molecule has 1 unspecified atom stereocenters. The van der Waals surface area contributed by atoms with Crippen molar-refractivity contribution in [3.63, 3.8) is 0 Å². The average Bonchev–Trinajstić information content (AvgIpc) is 2.34. The molecule has 2 nitrogen and oxygen atoms in total. The molecule has 11 heteroatoms. The lowest BCUT2D eigenvalue weighted by atomic mass is 10.2. The molecular weight excluding hydrogens is 287 g/mol. The fraction of sp³-hybridized carbons (Fsp3) is 0.714. The predicted molar refractivity (Wildman–Crippen MR) is 36.0 cm³/mol. The molecule has 1 atom stereocenters. The zero-order chi connectivity index (χ0) is 14.6. The maximum absolute atomic E-state index is 13.2. The van der Waals surface area contributed by atoms with Crippen molar-refractivity contribution in [2.24, 2.45) is 0 Å². The second kappa shape index (κ2) is 3.53. The molecule has 1 saturated heterocycles. The van der Waals surface area contributed by atoms with Gasteiger partial charge in [-0.15, -0.1) is 0 Å². The lowest BCUT2D eigenvalue weighted by molar-refractivity contribution is -0.463. The number of alkyl halides is 9. The van der Waals surface area contributed by atoms with E-state index in [4.69, 9.17) is 0 Å². The van der Waals surface area contributed by atoms with Gasteiger partial charge in [-0.25, -0.2) is 0 Å². The second-order valence-electron chi connectivity index (χ2n) is 3.18. The summed E-state index contributed by atoms with van der Waals surface area (Å²) in [5.74, 6) is -10.5. The Morgan fingerprint density at radius 2 is 1.22 bits per heavy atom. The molecule has 1 fully saturated rings. The van der Waals surface area contributed by atoms with Gasteiger partial charge < -0.3 is 0 Å². The summed E-state index contributed by atoms with van der Waals surface area (Å²) in [6.07, 6.45) is -19.0. The van der Waals surface area contributed by atoms with Crippen molar-refractivity contribution in [3.05, 3.63) is 12.7 Å². The van der Waals surface area contributed by atoms with Gasteiger partial charge in [-0.2, -0.15) is 39.5 Å². The molecular formula is C7H3F9O2. The molecule has 0 aromatic carbocycles. The summed E-state index contributed by atoms with van der Waals surface area (Å²) >= 11 is 0. The summed E-state index contributed by atoms with van der Waals surface area (Å²) in [6, 6.07) is 0. The van der Waals surface area contributed by atoms with Crippen molar-refractivity contribution < 1.29 is 49.0 Å². The Hall–Kier alpha value is -0.970. The summed E-state index contributed by atoms with van der Waals surface area (Å²) in [4.78, 5) is 0. The first-order valence-corrected chi connectivity index (χ1v) is 3.96. The van der Waals surface area contributed by atoms with Crippen LogP contribution in [0.2, 0.25) is 0 Å². The van der Waals surface area contributed by atoms with E-state index in [-0.39, 0.29) is 0 Å². The molecule has 106 valence electrons. The van der Waals surface area contributed by atoms with E-state index in [1.165, 1.54) is 0 Å². The van der Waals surface area contributed by atoms with Crippen molar-refractivity contribution in [1.82, 2.24) is 0 Å². The van der Waals surface area contributed by atoms with Crippen LogP contribution in [0.15, 0.2) is 12.7 Å². The van der Waals surface area contributed by atoms with Gasteiger partial charge in [-0.1, -0.05) is 6.58 Å². The average molecular weight is 290 g/mol. The number of hydrogen-bond acceptors (Lipinski definition) is 2. The van der Waals surface area contributed by atoms with Crippen molar-refractivity contribution in [2.75, 3.05) is 0 Å². The molecule has 0 spiro atoms. The minimum atomic E-state index is -6.47. The number of ether oxygens (including phenoxy) is 2. The second-order valence-corrected chi connectivity index (χ2v) is 3.18. The van der Waals surface area contributed by atoms with E-state index in [0.717, 1.165) is 0 Å². The highest BCUT2D eigenvalue weighted by Crippen LogP contribution is 2.59. The number of halogens is 9. The first kappa shape index (κ1) is 15.1. The zero-order valence-electron chi connectivity index (χ0n) is 8.00. The molecule has 0 aromatic heterocycles. The summed E-state index contributed by atoms with van der Waals surface area (Å²) < 4.78 is 117. The Morgan fingerprint density at radius 3 is 1.39 bits per heavy atom. The third kappa shape index (κ3) is 1.76. The van der Waals surface area contributed by atoms with Crippen LogP contribution in [-0.4, -0.2) is 30.1 Å². The van der Waals surface area contributed by atoms with Gasteiger partial charge in [0.15, 0.2) is 0 Å². The monoisotopic (exact) mass is 290 g/mol. The van der Waals surface area contributed by atoms with Crippen LogP contribution in [0.1, 0.15) is 0 Å². The minimum absolute atomic E-state index is 0.549. The predicted octanol–water partition coefficient (Wildman–Crippen LogP) is 3.30. The summed E-state index contributed by atoms with van der Waals surface area (Å²) in [6.45, 7) is 2.35. The quantitative estimate of drug-likeness (QED) is 0.545. The lowest BCUT2D eigenvalue weighted by Gasteiger charge is -2.30. The van der Waals surface area contributed by atoms with Crippen LogP contribution in [0.3, 0.4) is 0 Å². The van der Waals surface area contributed by atoms with E-state index in [0.29, 0.717) is 0 Å². The Balaban J connectivity index is 3.42. The summed E-state index contributed by atoms with van der Waals surface area (Å²) in [5, 5.41) is 0. The van der Waals surface area contributed by atoms with Crippen LogP contribution in [0.5, 0.6) is 0 Å². The van der Waals surface area contributed by atoms with Crippen molar-refractivity contribution >= 4 is 0 Å². The van der Waals surface area contributed by atoms with Crippen LogP contribution >= 0.6 is 0 Å². The highest BCUT2D eigenvalue weighted by molar-refractivity contribution is 5.06. The van der Waals surface area contributed by atoms with E-state index in [2.05, 4.69) is 16.1 Å². The van der Waals surface area contributed by atoms with E-state index >= 15 is 0 Å². The van der Waals surface area contributed by atoms with Crippen molar-refractivity contribution in [1.29, 1.82) is 0 Å². The first-order chi connectivity index (χ1) is 7.72. The number of hydrogen-bond donors (Lipinski definition) is 0. The van der Waals surface area contributed by atoms with E-state index < -0.39 is 36.2 Å². The summed E-state index contributed by atoms with van der Waals surface area (Å²) in [5.41, 5.74) is 0. The highest BCUT2D eigenvalue weighted by atomic mass is 19.4. The fourth-order valence-electron chi connectivity index (χ4n) is 1.09. The minimum Gasteiger partial charge on any atom is -0.287 e. The molecule has 1 aliphatic rings. The molecule has 0 saturated carbocycles. The first-order valence-electron chi connectivity index (χ1n) is 3.96. The Labute approximate surface area is 93.0 Å². The van der Waals surface area contributed by atoms with Gasteiger partial charge in [0.25, 0.3) is 0 Å². The third-order valence-electron chi connectivity index (χ3n) is 1.97. The lowest BCUT2D eigenvalue weighted by Crippen LogP contribution is -2.58. The third-order valence-corrected chi connectivity index (χ3v) is 1.97. The van der Waals surface area contributed by atoms with Gasteiger partial charge in [-0.05, 0) is 6.08 Å². The zero-order valence-corrected chi connectivity index (χ0v) is 8.00. The molecule has 1 aliphatic heterocycles. The molecule has 1 rings (SSSR count). The van der Waals surface area contributed by atoms with E-state index in [9.17, 15) is 39.5 Å². The maximum Gasteiger partial charge on any atom is 0.453 e. The standard InChI is InChI=1S/C7H3F9O2/c1-2-3(8)7(15,16)18-4(17-3,5(9,10)11)6(12,13)14/h2H,1H2. The molecule has 0 aromatic rings. The van der Waals surface area contributed by atoms with Gasteiger partial charge in [0.2, 0.25) is 0 Å². The molecule has 0 N–H and O–H groups in total. The van der Waals surface area contributed by atoms with E-state index in [1.807, 2.05) is 0 Å². The molecule has 1 heterocycles. The van der Waals surface area contributed by atoms with Crippen molar-refractivity contribution in [2.45, 2.75) is 30.1 Å². The largest absolute Gasteiger partial charge is 0.453 e. The van der Waals surface area contributed by atoms with Crippen LogP contribution < -0.4 is 0 Å². The van der Waals surface area contributed by atoms with Crippen LogP contribution in [0.25, 0.3) is 0 Å².